The van der Waals surface area contributed by atoms with Crippen LogP contribution in [0.15, 0.2) is 12.7 Å². The highest BCUT2D eigenvalue weighted by Gasteiger charge is 2.38. The third-order valence-electron chi connectivity index (χ3n) is 5.33. The van der Waals surface area contributed by atoms with Gasteiger partial charge in [-0.1, -0.05) is 78.7 Å². The van der Waals surface area contributed by atoms with Crippen LogP contribution in [0.1, 0.15) is 98.3 Å². The largest absolute Gasteiger partial charge is 0.414 e. The van der Waals surface area contributed by atoms with Crippen molar-refractivity contribution in [2.45, 2.75) is 123 Å². The first kappa shape index (κ1) is 22.9. The van der Waals surface area contributed by atoms with Crippen molar-refractivity contribution in [1.29, 1.82) is 0 Å². The molecule has 0 fully saturated rings. The number of hydrogen-bond donors (Lipinski definition) is 0. The van der Waals surface area contributed by atoms with Crippen molar-refractivity contribution < 1.29 is 4.43 Å². The van der Waals surface area contributed by atoms with Gasteiger partial charge in [0.1, 0.15) is 0 Å². The van der Waals surface area contributed by atoms with Crippen LogP contribution in [0.3, 0.4) is 0 Å². The normalized spacial score (nSPS) is 14.0. The summed E-state index contributed by atoms with van der Waals surface area (Å²) in [6.45, 7) is 17.9. The fourth-order valence-electron chi connectivity index (χ4n) is 2.67. The van der Waals surface area contributed by atoms with Crippen molar-refractivity contribution in [3.8, 4) is 0 Å². The molecule has 0 rings (SSSR count). The molecule has 2 heteroatoms. The van der Waals surface area contributed by atoms with Gasteiger partial charge < -0.3 is 4.43 Å². The summed E-state index contributed by atoms with van der Waals surface area (Å²) in [4.78, 5) is 0. The lowest BCUT2D eigenvalue weighted by molar-refractivity contribution is 0.154. The van der Waals surface area contributed by atoms with E-state index in [-0.39, 0.29) is 0 Å². The first-order valence-electron chi connectivity index (χ1n) is 10.0. The molecule has 0 aromatic carbocycles. The van der Waals surface area contributed by atoms with Gasteiger partial charge in [0.2, 0.25) is 0 Å². The summed E-state index contributed by atoms with van der Waals surface area (Å²) in [7, 11) is -1.64. The number of rotatable bonds is 14. The van der Waals surface area contributed by atoms with Crippen LogP contribution in [0.4, 0.5) is 0 Å². The lowest BCUT2D eigenvalue weighted by Gasteiger charge is -2.39. The van der Waals surface area contributed by atoms with Gasteiger partial charge in [0.05, 0.1) is 0 Å². The first-order valence-corrected chi connectivity index (χ1v) is 12.9. The summed E-state index contributed by atoms with van der Waals surface area (Å²) in [5.41, 5.74) is 0. The maximum atomic E-state index is 6.72. The topological polar surface area (TPSA) is 9.23 Å². The Morgan fingerprint density at radius 3 is 1.96 bits per heavy atom. The van der Waals surface area contributed by atoms with Gasteiger partial charge in [-0.3, -0.25) is 0 Å². The van der Waals surface area contributed by atoms with Gasteiger partial charge in [-0.05, 0) is 43.8 Å². The van der Waals surface area contributed by atoms with Crippen LogP contribution in [0.5, 0.6) is 0 Å². The standard InChI is InChI=1S/C21H44OSi/c1-8-10-12-14-15-17-19-20(18-16-13-11-9-2)22-23(6,7)21(3,4)5/h9,20H,2,8,10-19H2,1,3-7H3/t20-/m1/s1. The Morgan fingerprint density at radius 2 is 1.43 bits per heavy atom. The molecule has 0 aromatic rings. The average molecular weight is 341 g/mol. The fourth-order valence-corrected chi connectivity index (χ4v) is 4.09. The Balaban J connectivity index is 4.30. The Morgan fingerprint density at radius 1 is 0.913 bits per heavy atom. The van der Waals surface area contributed by atoms with Crippen LogP contribution < -0.4 is 0 Å². The van der Waals surface area contributed by atoms with E-state index >= 15 is 0 Å². The molecule has 0 aliphatic carbocycles. The van der Waals surface area contributed by atoms with Crippen LogP contribution in [0, 0.1) is 0 Å². The second-order valence-corrected chi connectivity index (χ2v) is 13.4. The molecule has 0 N–H and O–H groups in total. The molecule has 0 radical (unpaired) electrons. The molecule has 0 heterocycles. The quantitative estimate of drug-likeness (QED) is 0.177. The zero-order chi connectivity index (χ0) is 17.8. The fraction of sp³-hybridized carbons (Fsp3) is 0.905. The summed E-state index contributed by atoms with van der Waals surface area (Å²) in [5.74, 6) is 0. The van der Waals surface area contributed by atoms with Crippen molar-refractivity contribution >= 4 is 8.32 Å². The molecule has 0 spiro atoms. The number of unbranched alkanes of at least 4 members (excludes halogenated alkanes) is 7. The molecule has 0 amide bonds. The monoisotopic (exact) mass is 340 g/mol. The van der Waals surface area contributed by atoms with E-state index in [2.05, 4.69) is 47.4 Å². The molecule has 1 nitrogen and oxygen atoms in total. The van der Waals surface area contributed by atoms with Crippen LogP contribution in [0.25, 0.3) is 0 Å². The van der Waals surface area contributed by atoms with Crippen molar-refractivity contribution in [2.75, 3.05) is 0 Å². The summed E-state index contributed by atoms with van der Waals surface area (Å²) < 4.78 is 6.72. The second-order valence-electron chi connectivity index (χ2n) is 8.63. The minimum absolute atomic E-state index is 0.313. The zero-order valence-corrected chi connectivity index (χ0v) is 18.0. The molecule has 0 aromatic heterocycles. The van der Waals surface area contributed by atoms with Gasteiger partial charge in [0.25, 0.3) is 0 Å². The lowest BCUT2D eigenvalue weighted by atomic mass is 10.0. The molecule has 1 atom stereocenters. The summed E-state index contributed by atoms with van der Waals surface area (Å²) in [6, 6.07) is 0. The predicted octanol–water partition coefficient (Wildman–Crippen LogP) is 7.87. The van der Waals surface area contributed by atoms with E-state index in [4.69, 9.17) is 4.43 Å². The first-order chi connectivity index (χ1) is 10.7. The highest BCUT2D eigenvalue weighted by molar-refractivity contribution is 6.74. The van der Waals surface area contributed by atoms with Gasteiger partial charge in [0.15, 0.2) is 8.32 Å². The molecule has 0 saturated carbocycles. The third kappa shape index (κ3) is 11.2. The SMILES string of the molecule is C=CCCCC[C@H](CCCCCCCC)O[Si](C)(C)C(C)(C)C. The molecule has 138 valence electrons. The van der Waals surface area contributed by atoms with Crippen molar-refractivity contribution in [3.05, 3.63) is 12.7 Å². The predicted molar refractivity (Wildman–Crippen MR) is 109 cm³/mol. The molecule has 0 bridgehead atoms. The van der Waals surface area contributed by atoms with E-state index in [9.17, 15) is 0 Å². The number of allylic oxidation sites excluding steroid dienone is 1. The maximum absolute atomic E-state index is 6.72. The Hall–Kier alpha value is -0.0831. The average Bonchev–Trinajstić information content (AvgIpc) is 2.45. The molecular weight excluding hydrogens is 296 g/mol. The van der Waals surface area contributed by atoms with Gasteiger partial charge >= 0.3 is 0 Å². The van der Waals surface area contributed by atoms with Crippen LogP contribution in [0.2, 0.25) is 18.1 Å². The molecule has 0 unspecified atom stereocenters. The Kier molecular flexibility index (Phi) is 12.3. The number of hydrogen-bond acceptors (Lipinski definition) is 1. The zero-order valence-electron chi connectivity index (χ0n) is 17.0. The second kappa shape index (κ2) is 12.3. The van der Waals surface area contributed by atoms with Crippen LogP contribution in [-0.4, -0.2) is 14.4 Å². The van der Waals surface area contributed by atoms with Gasteiger partial charge in [0, 0.05) is 6.10 Å². The highest BCUT2D eigenvalue weighted by atomic mass is 28.4. The van der Waals surface area contributed by atoms with E-state index in [0.717, 1.165) is 6.42 Å². The molecule has 0 aliphatic heterocycles. The van der Waals surface area contributed by atoms with Crippen LogP contribution >= 0.6 is 0 Å². The smallest absolute Gasteiger partial charge is 0.192 e. The molecule has 0 aliphatic rings. The van der Waals surface area contributed by atoms with Crippen molar-refractivity contribution in [1.82, 2.24) is 0 Å². The summed E-state index contributed by atoms with van der Waals surface area (Å²) in [6.07, 6.45) is 16.9. The Bertz CT molecular complexity index is 291. The van der Waals surface area contributed by atoms with Crippen LogP contribution in [-0.2, 0) is 4.43 Å². The molecule has 0 saturated heterocycles. The van der Waals surface area contributed by atoms with Gasteiger partial charge in [-0.2, -0.15) is 0 Å². The van der Waals surface area contributed by atoms with E-state index in [1.165, 1.54) is 64.2 Å². The van der Waals surface area contributed by atoms with Gasteiger partial charge in [-0.15, -0.1) is 6.58 Å². The van der Waals surface area contributed by atoms with Gasteiger partial charge in [-0.25, -0.2) is 0 Å². The minimum Gasteiger partial charge on any atom is -0.414 e. The van der Waals surface area contributed by atoms with E-state index < -0.39 is 8.32 Å². The molecule has 23 heavy (non-hydrogen) atoms. The summed E-state index contributed by atoms with van der Waals surface area (Å²) in [5, 5.41) is 0.313. The Labute approximate surface area is 148 Å². The van der Waals surface area contributed by atoms with Crippen molar-refractivity contribution in [3.63, 3.8) is 0 Å². The van der Waals surface area contributed by atoms with E-state index in [1.807, 2.05) is 6.08 Å². The van der Waals surface area contributed by atoms with E-state index in [1.54, 1.807) is 0 Å². The van der Waals surface area contributed by atoms with E-state index in [0.29, 0.717) is 11.1 Å². The van der Waals surface area contributed by atoms with Crippen molar-refractivity contribution in [2.24, 2.45) is 0 Å². The summed E-state index contributed by atoms with van der Waals surface area (Å²) >= 11 is 0. The highest BCUT2D eigenvalue weighted by Crippen LogP contribution is 2.38. The molecular formula is C21H44OSi. The maximum Gasteiger partial charge on any atom is 0.192 e. The lowest BCUT2D eigenvalue weighted by Crippen LogP contribution is -2.44. The minimum atomic E-state index is -1.64. The third-order valence-corrected chi connectivity index (χ3v) is 9.87.